The van der Waals surface area contributed by atoms with Crippen LogP contribution in [0.15, 0.2) is 59.1 Å². The van der Waals surface area contributed by atoms with Gasteiger partial charge in [0.2, 0.25) is 5.91 Å². The van der Waals surface area contributed by atoms with Crippen LogP contribution in [-0.2, 0) is 11.3 Å². The van der Waals surface area contributed by atoms with Crippen LogP contribution < -0.4 is 5.32 Å². The van der Waals surface area contributed by atoms with Crippen molar-refractivity contribution in [1.82, 2.24) is 14.8 Å². The van der Waals surface area contributed by atoms with Crippen LogP contribution >= 0.6 is 23.1 Å². The van der Waals surface area contributed by atoms with Crippen molar-refractivity contribution in [2.24, 2.45) is 0 Å². The number of hydrogen-bond donors (Lipinski definition) is 1. The van der Waals surface area contributed by atoms with E-state index in [2.05, 4.69) is 45.4 Å². The molecule has 0 unspecified atom stereocenters. The molecular formula is C22H22N4OS2. The number of thiophene rings is 1. The Hall–Kier alpha value is -2.64. The van der Waals surface area contributed by atoms with Gasteiger partial charge in [-0.05, 0) is 30.9 Å². The molecular weight excluding hydrogens is 400 g/mol. The minimum Gasteiger partial charge on any atom is -0.325 e. The maximum atomic E-state index is 12.6. The molecule has 0 saturated heterocycles. The predicted molar refractivity (Wildman–Crippen MR) is 122 cm³/mol. The zero-order chi connectivity index (χ0) is 20.2. The summed E-state index contributed by atoms with van der Waals surface area (Å²) < 4.78 is 2.11. The third-order valence-corrected chi connectivity index (χ3v) is 6.38. The van der Waals surface area contributed by atoms with Gasteiger partial charge in [-0.1, -0.05) is 55.1 Å². The van der Waals surface area contributed by atoms with E-state index < -0.39 is 0 Å². The largest absolute Gasteiger partial charge is 0.325 e. The fourth-order valence-corrected chi connectivity index (χ4v) is 4.69. The molecule has 29 heavy (non-hydrogen) atoms. The first-order chi connectivity index (χ1) is 14.2. The van der Waals surface area contributed by atoms with E-state index in [1.807, 2.05) is 42.5 Å². The second kappa shape index (κ2) is 8.80. The highest BCUT2D eigenvalue weighted by atomic mass is 32.2. The molecule has 0 radical (unpaired) electrons. The molecule has 2 heterocycles. The van der Waals surface area contributed by atoms with Gasteiger partial charge in [-0.25, -0.2) is 0 Å². The first-order valence-corrected chi connectivity index (χ1v) is 11.4. The number of carbonyl (C=O) groups is 1. The summed E-state index contributed by atoms with van der Waals surface area (Å²) in [7, 11) is 0. The molecule has 0 bridgehead atoms. The van der Waals surface area contributed by atoms with Crippen molar-refractivity contribution in [2.75, 3.05) is 11.1 Å². The Bertz CT molecular complexity index is 1140. The van der Waals surface area contributed by atoms with Gasteiger partial charge in [-0.15, -0.1) is 21.5 Å². The van der Waals surface area contributed by atoms with Crippen LogP contribution in [0, 0.1) is 6.92 Å². The molecule has 1 amide bonds. The van der Waals surface area contributed by atoms with Crippen molar-refractivity contribution in [3.8, 4) is 11.4 Å². The van der Waals surface area contributed by atoms with Gasteiger partial charge in [0.15, 0.2) is 11.0 Å². The predicted octanol–water partition coefficient (Wildman–Crippen LogP) is 5.61. The lowest BCUT2D eigenvalue weighted by atomic mass is 10.1. The number of carbonyl (C=O) groups excluding carboxylic acids is 1. The molecule has 0 aliphatic rings. The minimum atomic E-state index is -0.0506. The van der Waals surface area contributed by atoms with Gasteiger partial charge in [0, 0.05) is 33.4 Å². The summed E-state index contributed by atoms with van der Waals surface area (Å²) in [6.07, 6.45) is 0.976. The van der Waals surface area contributed by atoms with Crippen molar-refractivity contribution in [2.45, 2.75) is 32.0 Å². The summed E-state index contributed by atoms with van der Waals surface area (Å²) in [6, 6.07) is 16.1. The van der Waals surface area contributed by atoms with Crippen molar-refractivity contribution >= 4 is 45.5 Å². The lowest BCUT2D eigenvalue weighted by Crippen LogP contribution is -2.15. The Balaban J connectivity index is 1.48. The number of amides is 1. The van der Waals surface area contributed by atoms with E-state index in [-0.39, 0.29) is 11.7 Å². The van der Waals surface area contributed by atoms with E-state index in [1.54, 1.807) is 11.3 Å². The van der Waals surface area contributed by atoms with Gasteiger partial charge < -0.3 is 9.88 Å². The van der Waals surface area contributed by atoms with Crippen LogP contribution in [0.25, 0.3) is 22.2 Å². The highest BCUT2D eigenvalue weighted by molar-refractivity contribution is 7.99. The molecule has 148 valence electrons. The second-order valence-corrected chi connectivity index (χ2v) is 8.83. The Morgan fingerprint density at radius 1 is 1.17 bits per heavy atom. The quantitative estimate of drug-likeness (QED) is 0.393. The molecule has 0 aliphatic carbocycles. The van der Waals surface area contributed by atoms with Crippen LogP contribution in [0.1, 0.15) is 18.2 Å². The van der Waals surface area contributed by atoms with Crippen molar-refractivity contribution in [3.63, 3.8) is 0 Å². The zero-order valence-corrected chi connectivity index (χ0v) is 18.0. The number of anilines is 1. The number of nitrogens with one attached hydrogen (secondary N) is 1. The topological polar surface area (TPSA) is 59.8 Å². The Morgan fingerprint density at radius 3 is 2.79 bits per heavy atom. The molecule has 4 aromatic rings. The molecule has 1 N–H and O–H groups in total. The van der Waals surface area contributed by atoms with Crippen LogP contribution in [0.4, 0.5) is 5.69 Å². The Labute approximate surface area is 178 Å². The summed E-state index contributed by atoms with van der Waals surface area (Å²) in [5.41, 5.74) is 1.92. The summed E-state index contributed by atoms with van der Waals surface area (Å²) in [6.45, 7) is 5.04. The monoisotopic (exact) mass is 422 g/mol. The number of thioether (sulfide) groups is 1. The minimum absolute atomic E-state index is 0.0506. The van der Waals surface area contributed by atoms with Gasteiger partial charge >= 0.3 is 0 Å². The average Bonchev–Trinajstić information content (AvgIpc) is 3.33. The van der Waals surface area contributed by atoms with E-state index >= 15 is 0 Å². The molecule has 0 spiro atoms. The molecule has 4 rings (SSSR count). The summed E-state index contributed by atoms with van der Waals surface area (Å²) in [4.78, 5) is 13.8. The number of benzene rings is 2. The third-order valence-electron chi connectivity index (χ3n) is 4.55. The number of hydrogen-bond acceptors (Lipinski definition) is 5. The molecule has 5 nitrogen and oxygen atoms in total. The first-order valence-electron chi connectivity index (χ1n) is 9.55. The van der Waals surface area contributed by atoms with Crippen LogP contribution in [0.3, 0.4) is 0 Å². The molecule has 2 aromatic carbocycles. The molecule has 7 heteroatoms. The fraction of sp³-hybridized carbons (Fsp3) is 0.227. The van der Waals surface area contributed by atoms with E-state index in [1.165, 1.54) is 16.6 Å². The van der Waals surface area contributed by atoms with Gasteiger partial charge in [0.05, 0.1) is 5.75 Å². The summed E-state index contributed by atoms with van der Waals surface area (Å²) in [5.74, 6) is 1.10. The molecule has 2 aromatic heterocycles. The maximum absolute atomic E-state index is 12.6. The number of rotatable bonds is 7. The van der Waals surface area contributed by atoms with E-state index in [0.717, 1.165) is 46.0 Å². The standard InChI is InChI=1S/C22H22N4OS2/c1-3-11-26-21(17-12-15(2)28-13-17)24-25-22(26)29-14-20(27)23-19-10-6-8-16-7-4-5-9-18(16)19/h4-10,12-13H,3,11,14H2,1-2H3,(H,23,27). The van der Waals surface area contributed by atoms with Crippen LogP contribution in [-0.4, -0.2) is 26.4 Å². The van der Waals surface area contributed by atoms with Crippen LogP contribution in [0.5, 0.6) is 0 Å². The first kappa shape index (κ1) is 19.7. The summed E-state index contributed by atoms with van der Waals surface area (Å²) in [5, 5.41) is 16.8. The molecule has 0 aliphatic heterocycles. The second-order valence-electron chi connectivity index (χ2n) is 6.77. The van der Waals surface area contributed by atoms with E-state index in [9.17, 15) is 4.79 Å². The number of aromatic nitrogens is 3. The summed E-state index contributed by atoms with van der Waals surface area (Å²) >= 11 is 3.13. The van der Waals surface area contributed by atoms with Crippen molar-refractivity contribution in [3.05, 3.63) is 58.8 Å². The zero-order valence-electron chi connectivity index (χ0n) is 16.4. The highest BCUT2D eigenvalue weighted by Crippen LogP contribution is 2.28. The lowest BCUT2D eigenvalue weighted by molar-refractivity contribution is -0.113. The van der Waals surface area contributed by atoms with E-state index in [0.29, 0.717) is 0 Å². The SMILES string of the molecule is CCCn1c(SCC(=O)Nc2cccc3ccccc23)nnc1-c1csc(C)c1. The van der Waals surface area contributed by atoms with Gasteiger partial charge in [-0.2, -0.15) is 0 Å². The number of nitrogens with zero attached hydrogens (tertiary/aromatic N) is 3. The highest BCUT2D eigenvalue weighted by Gasteiger charge is 2.16. The maximum Gasteiger partial charge on any atom is 0.234 e. The molecule has 0 saturated carbocycles. The van der Waals surface area contributed by atoms with Crippen molar-refractivity contribution in [1.29, 1.82) is 0 Å². The third kappa shape index (κ3) is 4.36. The van der Waals surface area contributed by atoms with Gasteiger partial charge in [0.25, 0.3) is 0 Å². The van der Waals surface area contributed by atoms with E-state index in [4.69, 9.17) is 0 Å². The molecule has 0 atom stereocenters. The number of aryl methyl sites for hydroxylation is 1. The lowest BCUT2D eigenvalue weighted by Gasteiger charge is -2.10. The van der Waals surface area contributed by atoms with Gasteiger partial charge in [0.1, 0.15) is 0 Å². The normalized spacial score (nSPS) is 11.1. The van der Waals surface area contributed by atoms with Crippen molar-refractivity contribution < 1.29 is 4.79 Å². The van der Waals surface area contributed by atoms with Crippen LogP contribution in [0.2, 0.25) is 0 Å². The Morgan fingerprint density at radius 2 is 2.00 bits per heavy atom. The van der Waals surface area contributed by atoms with Gasteiger partial charge in [-0.3, -0.25) is 4.79 Å². The Kier molecular flexibility index (Phi) is 5.97. The molecule has 0 fully saturated rings. The number of fused-ring (bicyclic) bond motifs is 1. The average molecular weight is 423 g/mol. The smallest absolute Gasteiger partial charge is 0.234 e. The fourth-order valence-electron chi connectivity index (χ4n) is 3.25.